The molecular weight excluding hydrogens is 278 g/mol. The monoisotopic (exact) mass is 301 g/mol. The average Bonchev–Trinajstić information content (AvgIpc) is 2.58. The summed E-state index contributed by atoms with van der Waals surface area (Å²) < 4.78 is 11.5. The maximum absolute atomic E-state index is 5.78. The molecule has 0 spiro atoms. The van der Waals surface area contributed by atoms with Crippen LogP contribution in [0.15, 0.2) is 36.8 Å². The van der Waals surface area contributed by atoms with E-state index in [0.29, 0.717) is 19.8 Å². The summed E-state index contributed by atoms with van der Waals surface area (Å²) in [4.78, 5) is 8.30. The van der Waals surface area contributed by atoms with Crippen LogP contribution in [0.5, 0.6) is 11.5 Å². The molecule has 2 rings (SSSR count). The third kappa shape index (κ3) is 4.91. The van der Waals surface area contributed by atoms with Crippen molar-refractivity contribution in [3.05, 3.63) is 42.5 Å². The predicted molar refractivity (Wildman–Crippen MR) is 87.4 cm³/mol. The number of aromatic nitrogens is 2. The van der Waals surface area contributed by atoms with Crippen molar-refractivity contribution in [2.75, 3.05) is 18.5 Å². The van der Waals surface area contributed by atoms with E-state index in [9.17, 15) is 0 Å². The Morgan fingerprint density at radius 1 is 1.00 bits per heavy atom. The van der Waals surface area contributed by atoms with Crippen LogP contribution in [0.3, 0.4) is 0 Å². The fourth-order valence-electron chi connectivity index (χ4n) is 1.89. The van der Waals surface area contributed by atoms with E-state index in [1.54, 1.807) is 18.6 Å². The van der Waals surface area contributed by atoms with Crippen molar-refractivity contribution in [1.29, 1.82) is 0 Å². The van der Waals surface area contributed by atoms with Crippen molar-refractivity contribution in [3.63, 3.8) is 0 Å². The van der Waals surface area contributed by atoms with E-state index in [1.165, 1.54) is 0 Å². The quantitative estimate of drug-likeness (QED) is 0.766. The van der Waals surface area contributed by atoms with Crippen molar-refractivity contribution in [2.45, 2.75) is 33.2 Å². The van der Waals surface area contributed by atoms with Gasteiger partial charge in [0.15, 0.2) is 11.5 Å². The van der Waals surface area contributed by atoms with Gasteiger partial charge in [-0.1, -0.05) is 13.8 Å². The van der Waals surface area contributed by atoms with Gasteiger partial charge in [-0.2, -0.15) is 0 Å². The molecule has 1 heterocycles. The maximum atomic E-state index is 5.78. The first-order valence-electron chi connectivity index (χ1n) is 7.72. The molecule has 1 aromatic carbocycles. The van der Waals surface area contributed by atoms with Gasteiger partial charge in [0.1, 0.15) is 0 Å². The molecule has 5 nitrogen and oxygen atoms in total. The molecule has 0 saturated carbocycles. The van der Waals surface area contributed by atoms with Crippen LogP contribution < -0.4 is 14.8 Å². The molecule has 0 saturated heterocycles. The van der Waals surface area contributed by atoms with Crippen molar-refractivity contribution < 1.29 is 9.47 Å². The minimum atomic E-state index is 0.621. The summed E-state index contributed by atoms with van der Waals surface area (Å²) in [6.07, 6.45) is 7.04. The first kappa shape index (κ1) is 16.1. The standard InChI is InChI=1S/C17H23N3O2/c1-3-9-21-16-6-5-14(11-17(16)22-10-4-2)20-13-15-12-18-7-8-19-15/h5-8,11-12,20H,3-4,9-10,13H2,1-2H3. The number of hydrogen-bond acceptors (Lipinski definition) is 5. The molecule has 1 N–H and O–H groups in total. The van der Waals surface area contributed by atoms with Crippen LogP contribution in [-0.4, -0.2) is 23.2 Å². The van der Waals surface area contributed by atoms with E-state index in [-0.39, 0.29) is 0 Å². The van der Waals surface area contributed by atoms with Crippen LogP contribution in [0.25, 0.3) is 0 Å². The molecule has 0 fully saturated rings. The van der Waals surface area contributed by atoms with Gasteiger partial charge in [-0.3, -0.25) is 9.97 Å². The zero-order chi connectivity index (χ0) is 15.6. The average molecular weight is 301 g/mol. The van der Waals surface area contributed by atoms with Crippen LogP contribution in [0.1, 0.15) is 32.4 Å². The number of nitrogens with one attached hydrogen (secondary N) is 1. The molecule has 5 heteroatoms. The van der Waals surface area contributed by atoms with Crippen molar-refractivity contribution in [1.82, 2.24) is 9.97 Å². The maximum Gasteiger partial charge on any atom is 0.163 e. The van der Waals surface area contributed by atoms with Crippen molar-refractivity contribution in [2.24, 2.45) is 0 Å². The Morgan fingerprint density at radius 2 is 1.77 bits per heavy atom. The SMILES string of the molecule is CCCOc1ccc(NCc2cnccn2)cc1OCCC. The molecule has 2 aromatic rings. The Morgan fingerprint density at radius 3 is 2.45 bits per heavy atom. The minimum Gasteiger partial charge on any atom is -0.490 e. The van der Waals surface area contributed by atoms with Gasteiger partial charge in [0.05, 0.1) is 31.6 Å². The lowest BCUT2D eigenvalue weighted by atomic mass is 10.2. The predicted octanol–water partition coefficient (Wildman–Crippen LogP) is 3.67. The highest BCUT2D eigenvalue weighted by molar-refractivity contribution is 5.54. The highest BCUT2D eigenvalue weighted by Gasteiger charge is 2.07. The third-order valence-electron chi connectivity index (χ3n) is 2.96. The van der Waals surface area contributed by atoms with E-state index in [4.69, 9.17) is 9.47 Å². The van der Waals surface area contributed by atoms with Crippen LogP contribution in [0.2, 0.25) is 0 Å². The van der Waals surface area contributed by atoms with Gasteiger partial charge in [0.2, 0.25) is 0 Å². The van der Waals surface area contributed by atoms with Crippen LogP contribution in [0.4, 0.5) is 5.69 Å². The lowest BCUT2D eigenvalue weighted by molar-refractivity contribution is 0.268. The second-order valence-corrected chi connectivity index (χ2v) is 4.91. The zero-order valence-corrected chi connectivity index (χ0v) is 13.2. The Kier molecular flexibility index (Phi) is 6.48. The van der Waals surface area contributed by atoms with E-state index < -0.39 is 0 Å². The zero-order valence-electron chi connectivity index (χ0n) is 13.2. The fourth-order valence-corrected chi connectivity index (χ4v) is 1.89. The molecule has 22 heavy (non-hydrogen) atoms. The summed E-state index contributed by atoms with van der Waals surface area (Å²) in [5.74, 6) is 1.57. The fraction of sp³-hybridized carbons (Fsp3) is 0.412. The summed E-state index contributed by atoms with van der Waals surface area (Å²) in [6, 6.07) is 5.90. The van der Waals surface area contributed by atoms with Crippen molar-refractivity contribution in [3.8, 4) is 11.5 Å². The van der Waals surface area contributed by atoms with Gasteiger partial charge in [0.25, 0.3) is 0 Å². The normalized spacial score (nSPS) is 10.3. The van der Waals surface area contributed by atoms with Gasteiger partial charge < -0.3 is 14.8 Å². The van der Waals surface area contributed by atoms with E-state index in [1.807, 2.05) is 18.2 Å². The first-order chi connectivity index (χ1) is 10.8. The number of anilines is 1. The first-order valence-corrected chi connectivity index (χ1v) is 7.72. The van der Waals surface area contributed by atoms with Gasteiger partial charge in [-0.15, -0.1) is 0 Å². The lowest BCUT2D eigenvalue weighted by Gasteiger charge is -2.14. The second-order valence-electron chi connectivity index (χ2n) is 4.91. The minimum absolute atomic E-state index is 0.621. The molecular formula is C17H23N3O2. The Hall–Kier alpha value is -2.30. The molecule has 0 radical (unpaired) electrons. The summed E-state index contributed by atoms with van der Waals surface area (Å²) in [7, 11) is 0. The smallest absolute Gasteiger partial charge is 0.163 e. The van der Waals surface area contributed by atoms with Gasteiger partial charge in [-0.25, -0.2) is 0 Å². The molecule has 0 unspecified atom stereocenters. The molecule has 0 aliphatic heterocycles. The molecule has 0 bridgehead atoms. The molecule has 0 atom stereocenters. The topological polar surface area (TPSA) is 56.3 Å². The van der Waals surface area contributed by atoms with Crippen molar-refractivity contribution >= 4 is 5.69 Å². The Balaban J connectivity index is 2.04. The lowest BCUT2D eigenvalue weighted by Crippen LogP contribution is -2.04. The van der Waals surface area contributed by atoms with Crippen LogP contribution in [-0.2, 0) is 6.54 Å². The van der Waals surface area contributed by atoms with E-state index in [0.717, 1.165) is 35.7 Å². The summed E-state index contributed by atoms with van der Waals surface area (Å²) in [6.45, 7) is 6.16. The number of hydrogen-bond donors (Lipinski definition) is 1. The largest absolute Gasteiger partial charge is 0.490 e. The van der Waals surface area contributed by atoms with Crippen LogP contribution in [0, 0.1) is 0 Å². The molecule has 0 amide bonds. The highest BCUT2D eigenvalue weighted by atomic mass is 16.5. The highest BCUT2D eigenvalue weighted by Crippen LogP contribution is 2.31. The molecule has 0 aliphatic carbocycles. The third-order valence-corrected chi connectivity index (χ3v) is 2.96. The molecule has 0 aliphatic rings. The second kappa shape index (κ2) is 8.87. The van der Waals surface area contributed by atoms with Gasteiger partial charge in [0, 0.05) is 24.1 Å². The number of ether oxygens (including phenoxy) is 2. The van der Waals surface area contributed by atoms with E-state index >= 15 is 0 Å². The number of rotatable bonds is 9. The molecule has 118 valence electrons. The summed E-state index contributed by atoms with van der Waals surface area (Å²) >= 11 is 0. The number of benzene rings is 1. The summed E-state index contributed by atoms with van der Waals surface area (Å²) in [5.41, 5.74) is 1.87. The number of nitrogens with zero attached hydrogens (tertiary/aromatic N) is 2. The van der Waals surface area contributed by atoms with Crippen LogP contribution >= 0.6 is 0 Å². The van der Waals surface area contributed by atoms with Gasteiger partial charge in [-0.05, 0) is 25.0 Å². The summed E-state index contributed by atoms with van der Waals surface area (Å²) in [5, 5.41) is 3.32. The Labute approximate surface area is 131 Å². The van der Waals surface area contributed by atoms with E-state index in [2.05, 4.69) is 29.1 Å². The molecule has 1 aromatic heterocycles. The van der Waals surface area contributed by atoms with Gasteiger partial charge >= 0.3 is 0 Å². The Bertz CT molecular complexity index is 561.